The molecular weight excluding hydrogens is 160 g/mol. The Hall–Kier alpha value is -0.890. The second-order valence-corrected chi connectivity index (χ2v) is 3.94. The third kappa shape index (κ3) is 3.15. The van der Waals surface area contributed by atoms with Crippen molar-refractivity contribution in [2.75, 3.05) is 0 Å². The van der Waals surface area contributed by atoms with Crippen molar-refractivity contribution in [1.29, 1.82) is 0 Å². The fourth-order valence-corrected chi connectivity index (χ4v) is 1.40. The molecule has 1 rings (SSSR count). The minimum Gasteiger partial charge on any atom is -0.323 e. The summed E-state index contributed by atoms with van der Waals surface area (Å²) >= 11 is 0. The van der Waals surface area contributed by atoms with Gasteiger partial charge >= 0.3 is 0 Å². The molecule has 0 saturated heterocycles. The van der Waals surface area contributed by atoms with Gasteiger partial charge in [0, 0.05) is 11.7 Å². The van der Waals surface area contributed by atoms with E-state index in [-0.39, 0.29) is 6.04 Å². The number of hydrogen-bond acceptors (Lipinski definition) is 2. The number of nitrogens with zero attached hydrogens (tertiary/aromatic N) is 1. The van der Waals surface area contributed by atoms with Crippen molar-refractivity contribution < 1.29 is 0 Å². The van der Waals surface area contributed by atoms with Gasteiger partial charge in [0.2, 0.25) is 0 Å². The molecule has 2 N–H and O–H groups in total. The Kier molecular flexibility index (Phi) is 3.43. The van der Waals surface area contributed by atoms with E-state index in [1.54, 1.807) is 0 Å². The predicted molar refractivity (Wildman–Crippen MR) is 55.4 cm³/mol. The molecule has 0 aliphatic heterocycles. The first-order chi connectivity index (χ1) is 6.09. The first-order valence-corrected chi connectivity index (χ1v) is 4.78. The normalized spacial score (nSPS) is 13.3. The van der Waals surface area contributed by atoms with Crippen LogP contribution < -0.4 is 5.73 Å². The Morgan fingerprint density at radius 1 is 1.38 bits per heavy atom. The van der Waals surface area contributed by atoms with Crippen LogP contribution in [0.3, 0.4) is 0 Å². The molecule has 2 heteroatoms. The lowest BCUT2D eigenvalue weighted by atomic mass is 10.0. The third-order valence-corrected chi connectivity index (χ3v) is 2.02. The van der Waals surface area contributed by atoms with E-state index in [1.165, 1.54) is 0 Å². The highest BCUT2D eigenvalue weighted by atomic mass is 14.8. The summed E-state index contributed by atoms with van der Waals surface area (Å²) in [5.41, 5.74) is 8.05. The summed E-state index contributed by atoms with van der Waals surface area (Å²) in [7, 11) is 0. The summed E-state index contributed by atoms with van der Waals surface area (Å²) in [6.45, 7) is 6.34. The standard InChI is InChI=1S/C11H18N2/c1-8(2)7-10(12)11-6-4-5-9(3)13-11/h4-6,8,10H,7,12H2,1-3H3. The molecule has 0 bridgehead atoms. The topological polar surface area (TPSA) is 38.9 Å². The number of aromatic nitrogens is 1. The van der Waals surface area contributed by atoms with Crippen LogP contribution in [0.25, 0.3) is 0 Å². The molecule has 1 aromatic heterocycles. The van der Waals surface area contributed by atoms with Crippen molar-refractivity contribution in [3.63, 3.8) is 0 Å². The molecule has 1 heterocycles. The second kappa shape index (κ2) is 4.38. The summed E-state index contributed by atoms with van der Waals surface area (Å²) in [6, 6.07) is 6.09. The monoisotopic (exact) mass is 178 g/mol. The van der Waals surface area contributed by atoms with Gasteiger partial charge in [-0.15, -0.1) is 0 Å². The number of pyridine rings is 1. The molecular formula is C11H18N2. The maximum Gasteiger partial charge on any atom is 0.0574 e. The number of nitrogens with two attached hydrogens (primary N) is 1. The fourth-order valence-electron chi connectivity index (χ4n) is 1.40. The van der Waals surface area contributed by atoms with Crippen LogP contribution in [0, 0.1) is 12.8 Å². The van der Waals surface area contributed by atoms with E-state index in [4.69, 9.17) is 5.73 Å². The average Bonchev–Trinajstić information content (AvgIpc) is 2.03. The minimum absolute atomic E-state index is 0.0832. The molecule has 0 aromatic carbocycles. The second-order valence-electron chi connectivity index (χ2n) is 3.94. The number of aryl methyl sites for hydroxylation is 1. The zero-order valence-corrected chi connectivity index (χ0v) is 8.62. The molecule has 1 atom stereocenters. The van der Waals surface area contributed by atoms with Crippen LogP contribution in [0.4, 0.5) is 0 Å². The van der Waals surface area contributed by atoms with E-state index < -0.39 is 0 Å². The molecule has 2 nitrogen and oxygen atoms in total. The molecule has 0 fully saturated rings. The summed E-state index contributed by atoms with van der Waals surface area (Å²) in [6.07, 6.45) is 0.996. The highest BCUT2D eigenvalue weighted by Gasteiger charge is 2.08. The maximum atomic E-state index is 6.00. The summed E-state index contributed by atoms with van der Waals surface area (Å²) in [5, 5.41) is 0. The highest BCUT2D eigenvalue weighted by Crippen LogP contribution is 2.16. The molecule has 13 heavy (non-hydrogen) atoms. The Balaban J connectivity index is 2.71. The van der Waals surface area contributed by atoms with Crippen LogP contribution in [-0.4, -0.2) is 4.98 Å². The van der Waals surface area contributed by atoms with Crippen LogP contribution in [0.2, 0.25) is 0 Å². The van der Waals surface area contributed by atoms with Crippen molar-refractivity contribution in [3.05, 3.63) is 29.6 Å². The Morgan fingerprint density at radius 2 is 2.08 bits per heavy atom. The molecule has 0 aliphatic rings. The molecule has 0 aliphatic carbocycles. The largest absolute Gasteiger partial charge is 0.323 e. The summed E-state index contributed by atoms with van der Waals surface area (Å²) < 4.78 is 0. The minimum atomic E-state index is 0.0832. The van der Waals surface area contributed by atoms with Crippen molar-refractivity contribution in [2.45, 2.75) is 33.2 Å². The Morgan fingerprint density at radius 3 is 2.62 bits per heavy atom. The summed E-state index contributed by atoms with van der Waals surface area (Å²) in [4.78, 5) is 4.40. The van der Waals surface area contributed by atoms with Crippen LogP contribution in [0.1, 0.15) is 37.7 Å². The lowest BCUT2D eigenvalue weighted by Crippen LogP contribution is -2.14. The van der Waals surface area contributed by atoms with E-state index >= 15 is 0 Å². The smallest absolute Gasteiger partial charge is 0.0574 e. The molecule has 0 amide bonds. The van der Waals surface area contributed by atoms with E-state index in [0.717, 1.165) is 17.8 Å². The quantitative estimate of drug-likeness (QED) is 0.772. The molecule has 1 unspecified atom stereocenters. The van der Waals surface area contributed by atoms with Crippen molar-refractivity contribution in [3.8, 4) is 0 Å². The SMILES string of the molecule is Cc1cccc(C(N)CC(C)C)n1. The van der Waals surface area contributed by atoms with Crippen LogP contribution >= 0.6 is 0 Å². The number of rotatable bonds is 3. The van der Waals surface area contributed by atoms with E-state index in [2.05, 4.69) is 18.8 Å². The zero-order valence-electron chi connectivity index (χ0n) is 8.62. The van der Waals surface area contributed by atoms with Crippen molar-refractivity contribution in [1.82, 2.24) is 4.98 Å². The van der Waals surface area contributed by atoms with Gasteiger partial charge in [-0.3, -0.25) is 4.98 Å². The van der Waals surface area contributed by atoms with Gasteiger partial charge in [0.15, 0.2) is 0 Å². The van der Waals surface area contributed by atoms with Gasteiger partial charge in [-0.05, 0) is 31.4 Å². The van der Waals surface area contributed by atoms with Gasteiger partial charge in [-0.25, -0.2) is 0 Å². The summed E-state index contributed by atoms with van der Waals surface area (Å²) in [5.74, 6) is 0.623. The van der Waals surface area contributed by atoms with Gasteiger partial charge in [0.1, 0.15) is 0 Å². The Labute approximate surface area is 80.2 Å². The highest BCUT2D eigenvalue weighted by molar-refractivity contribution is 5.12. The van der Waals surface area contributed by atoms with Gasteiger partial charge in [-0.2, -0.15) is 0 Å². The van der Waals surface area contributed by atoms with Gasteiger partial charge < -0.3 is 5.73 Å². The first-order valence-electron chi connectivity index (χ1n) is 4.78. The van der Waals surface area contributed by atoms with E-state index in [1.807, 2.05) is 25.1 Å². The molecule has 0 radical (unpaired) electrons. The molecule has 0 spiro atoms. The maximum absolute atomic E-state index is 6.00. The predicted octanol–water partition coefficient (Wildman–Crippen LogP) is 2.44. The average molecular weight is 178 g/mol. The van der Waals surface area contributed by atoms with Gasteiger partial charge in [-0.1, -0.05) is 19.9 Å². The zero-order chi connectivity index (χ0) is 9.84. The van der Waals surface area contributed by atoms with Gasteiger partial charge in [0.05, 0.1) is 5.69 Å². The van der Waals surface area contributed by atoms with Crippen molar-refractivity contribution >= 4 is 0 Å². The van der Waals surface area contributed by atoms with Crippen molar-refractivity contribution in [2.24, 2.45) is 11.7 Å². The molecule has 0 saturated carbocycles. The lowest BCUT2D eigenvalue weighted by molar-refractivity contribution is 0.501. The fraction of sp³-hybridized carbons (Fsp3) is 0.545. The lowest BCUT2D eigenvalue weighted by Gasteiger charge is -2.13. The molecule has 72 valence electrons. The Bertz CT molecular complexity index is 269. The van der Waals surface area contributed by atoms with E-state index in [9.17, 15) is 0 Å². The number of hydrogen-bond donors (Lipinski definition) is 1. The van der Waals surface area contributed by atoms with Crippen LogP contribution in [0.5, 0.6) is 0 Å². The first kappa shape index (κ1) is 10.2. The third-order valence-electron chi connectivity index (χ3n) is 2.02. The van der Waals surface area contributed by atoms with Crippen LogP contribution in [-0.2, 0) is 0 Å². The van der Waals surface area contributed by atoms with Gasteiger partial charge in [0.25, 0.3) is 0 Å². The van der Waals surface area contributed by atoms with E-state index in [0.29, 0.717) is 5.92 Å². The molecule has 1 aromatic rings. The van der Waals surface area contributed by atoms with Crippen LogP contribution in [0.15, 0.2) is 18.2 Å².